The number of halogens is 3. The first kappa shape index (κ1) is 16.6. The molecule has 0 bridgehead atoms. The Morgan fingerprint density at radius 1 is 1.14 bits per heavy atom. The number of rotatable bonds is 3. The van der Waals surface area contributed by atoms with Crippen LogP contribution in [-0.4, -0.2) is 37.4 Å². The van der Waals surface area contributed by atoms with Gasteiger partial charge in [0.05, 0.1) is 4.90 Å². The van der Waals surface area contributed by atoms with Crippen LogP contribution in [0.25, 0.3) is 0 Å². The van der Waals surface area contributed by atoms with E-state index < -0.39 is 15.5 Å². The van der Waals surface area contributed by atoms with E-state index in [0.29, 0.717) is 25.9 Å². The Balaban J connectivity index is 2.14. The molecule has 1 aromatic rings. The first-order chi connectivity index (χ1) is 9.68. The molecule has 1 fully saturated rings. The minimum absolute atomic E-state index is 0.00186. The number of benzene rings is 1. The van der Waals surface area contributed by atoms with Crippen molar-refractivity contribution in [3.05, 3.63) is 24.3 Å². The van der Waals surface area contributed by atoms with E-state index in [1.165, 1.54) is 28.6 Å². The molecule has 0 radical (unpaired) electrons. The number of alkyl halides is 3. The summed E-state index contributed by atoms with van der Waals surface area (Å²) in [5.74, 6) is 0. The van der Waals surface area contributed by atoms with Crippen molar-refractivity contribution in [2.45, 2.75) is 34.2 Å². The predicted octanol–water partition coefficient (Wildman–Crippen LogP) is 2.41. The van der Waals surface area contributed by atoms with E-state index in [2.05, 4.69) is 0 Å². The first-order valence-corrected chi connectivity index (χ1v) is 8.56. The standard InChI is InChI=1S/C12H15F3N2O2S2/c13-12(14,15)20-10-1-3-11(4-2-10)21(18,19)17-7-5-9(16)6-8-17/h1-4,9H,5-8,16H2. The maximum Gasteiger partial charge on any atom is 0.446 e. The molecule has 4 nitrogen and oxygen atoms in total. The molecule has 1 aromatic carbocycles. The molecule has 1 aliphatic heterocycles. The van der Waals surface area contributed by atoms with Crippen molar-refractivity contribution in [2.75, 3.05) is 13.1 Å². The summed E-state index contributed by atoms with van der Waals surface area (Å²) in [4.78, 5) is -0.0355. The van der Waals surface area contributed by atoms with Crippen LogP contribution in [0.2, 0.25) is 0 Å². The molecular formula is C12H15F3N2O2S2. The van der Waals surface area contributed by atoms with E-state index >= 15 is 0 Å². The SMILES string of the molecule is NC1CCN(S(=O)(=O)c2ccc(SC(F)(F)F)cc2)CC1. The van der Waals surface area contributed by atoms with Gasteiger partial charge < -0.3 is 5.73 Å². The fourth-order valence-corrected chi connectivity index (χ4v) is 4.09. The minimum Gasteiger partial charge on any atom is -0.328 e. The number of thioether (sulfide) groups is 1. The fourth-order valence-electron chi connectivity index (χ4n) is 2.08. The molecule has 21 heavy (non-hydrogen) atoms. The van der Waals surface area contributed by atoms with Gasteiger partial charge in [0.1, 0.15) is 0 Å². The molecule has 9 heteroatoms. The highest BCUT2D eigenvalue weighted by atomic mass is 32.2. The fraction of sp³-hybridized carbons (Fsp3) is 0.500. The predicted molar refractivity (Wildman–Crippen MR) is 74.3 cm³/mol. The number of nitrogens with zero attached hydrogens (tertiary/aromatic N) is 1. The average molecular weight is 340 g/mol. The summed E-state index contributed by atoms with van der Waals surface area (Å²) < 4.78 is 62.7. The Morgan fingerprint density at radius 2 is 1.67 bits per heavy atom. The summed E-state index contributed by atoms with van der Waals surface area (Å²) in [6.45, 7) is 0.672. The van der Waals surface area contributed by atoms with Gasteiger partial charge in [0.15, 0.2) is 0 Å². The molecule has 0 aliphatic carbocycles. The van der Waals surface area contributed by atoms with Crippen molar-refractivity contribution in [2.24, 2.45) is 5.73 Å². The summed E-state index contributed by atoms with van der Waals surface area (Å²) >= 11 is -0.269. The Labute approximate surface area is 125 Å². The second-order valence-corrected chi connectivity index (χ2v) is 7.84. The third-order valence-corrected chi connectivity index (χ3v) is 5.85. The molecular weight excluding hydrogens is 325 g/mol. The molecule has 2 rings (SSSR count). The van der Waals surface area contributed by atoms with Crippen LogP contribution in [-0.2, 0) is 10.0 Å². The zero-order chi connectivity index (χ0) is 15.7. The Hall–Kier alpha value is -0.770. The van der Waals surface area contributed by atoms with Crippen LogP contribution < -0.4 is 5.73 Å². The lowest BCUT2D eigenvalue weighted by atomic mass is 10.1. The Kier molecular flexibility index (Phi) is 4.86. The molecule has 0 saturated carbocycles. The van der Waals surface area contributed by atoms with Gasteiger partial charge in [0.2, 0.25) is 10.0 Å². The van der Waals surface area contributed by atoms with Crippen molar-refractivity contribution < 1.29 is 21.6 Å². The minimum atomic E-state index is -4.39. The molecule has 1 saturated heterocycles. The smallest absolute Gasteiger partial charge is 0.328 e. The first-order valence-electron chi connectivity index (χ1n) is 6.30. The molecule has 0 amide bonds. The van der Waals surface area contributed by atoms with Crippen LogP contribution in [0.5, 0.6) is 0 Å². The van der Waals surface area contributed by atoms with Crippen molar-refractivity contribution in [1.82, 2.24) is 4.31 Å². The summed E-state index contributed by atoms with van der Waals surface area (Å²) in [7, 11) is -3.66. The zero-order valence-electron chi connectivity index (χ0n) is 11.0. The van der Waals surface area contributed by atoms with Gasteiger partial charge in [-0.15, -0.1) is 0 Å². The zero-order valence-corrected chi connectivity index (χ0v) is 12.6. The van der Waals surface area contributed by atoms with Crippen molar-refractivity contribution in [3.8, 4) is 0 Å². The van der Waals surface area contributed by atoms with Gasteiger partial charge in [-0.25, -0.2) is 8.42 Å². The van der Waals surface area contributed by atoms with Gasteiger partial charge in [0, 0.05) is 24.0 Å². The normalized spacial score (nSPS) is 18.9. The molecule has 1 aliphatic rings. The maximum atomic E-state index is 12.3. The van der Waals surface area contributed by atoms with E-state index in [-0.39, 0.29) is 27.6 Å². The Bertz CT molecular complexity index is 580. The lowest BCUT2D eigenvalue weighted by Gasteiger charge is -2.29. The van der Waals surface area contributed by atoms with Crippen LogP contribution in [0.4, 0.5) is 13.2 Å². The highest BCUT2D eigenvalue weighted by Crippen LogP contribution is 2.37. The summed E-state index contributed by atoms with van der Waals surface area (Å²) in [6.07, 6.45) is 1.17. The number of hydrogen-bond acceptors (Lipinski definition) is 4. The van der Waals surface area contributed by atoms with Crippen molar-refractivity contribution in [1.29, 1.82) is 0 Å². The van der Waals surface area contributed by atoms with Gasteiger partial charge in [-0.2, -0.15) is 17.5 Å². The average Bonchev–Trinajstić information content (AvgIpc) is 2.38. The van der Waals surface area contributed by atoms with E-state index in [1.54, 1.807) is 0 Å². The van der Waals surface area contributed by atoms with E-state index in [1.807, 2.05) is 0 Å². The summed E-state index contributed by atoms with van der Waals surface area (Å²) in [5.41, 5.74) is 1.34. The van der Waals surface area contributed by atoms with Crippen LogP contribution in [0.1, 0.15) is 12.8 Å². The number of nitrogens with two attached hydrogens (primary N) is 1. The topological polar surface area (TPSA) is 63.4 Å². The van der Waals surface area contributed by atoms with Gasteiger partial charge in [0.25, 0.3) is 0 Å². The molecule has 0 aromatic heterocycles. The van der Waals surface area contributed by atoms with Crippen molar-refractivity contribution in [3.63, 3.8) is 0 Å². The molecule has 118 valence electrons. The second-order valence-electron chi connectivity index (χ2n) is 4.76. The van der Waals surface area contributed by atoms with Gasteiger partial charge in [-0.3, -0.25) is 0 Å². The van der Waals surface area contributed by atoms with E-state index in [9.17, 15) is 21.6 Å². The monoisotopic (exact) mass is 340 g/mol. The number of hydrogen-bond donors (Lipinski definition) is 1. The quantitative estimate of drug-likeness (QED) is 0.859. The van der Waals surface area contributed by atoms with Gasteiger partial charge in [-0.05, 0) is 48.9 Å². The maximum absolute atomic E-state index is 12.3. The molecule has 0 atom stereocenters. The molecule has 0 spiro atoms. The van der Waals surface area contributed by atoms with E-state index in [4.69, 9.17) is 5.73 Å². The number of sulfonamides is 1. The second kappa shape index (κ2) is 6.15. The Morgan fingerprint density at radius 3 is 2.14 bits per heavy atom. The third-order valence-electron chi connectivity index (χ3n) is 3.19. The van der Waals surface area contributed by atoms with Gasteiger partial charge in [-0.1, -0.05) is 0 Å². The summed E-state index contributed by atoms with van der Waals surface area (Å²) in [5, 5.41) is 0. The van der Waals surface area contributed by atoms with Crippen molar-refractivity contribution >= 4 is 21.8 Å². The van der Waals surface area contributed by atoms with Crippen LogP contribution in [0.3, 0.4) is 0 Å². The lowest BCUT2D eigenvalue weighted by Crippen LogP contribution is -2.42. The highest BCUT2D eigenvalue weighted by Gasteiger charge is 2.30. The number of piperidine rings is 1. The highest BCUT2D eigenvalue weighted by molar-refractivity contribution is 8.00. The largest absolute Gasteiger partial charge is 0.446 e. The molecule has 1 heterocycles. The molecule has 0 unspecified atom stereocenters. The van der Waals surface area contributed by atoms with Crippen LogP contribution in [0.15, 0.2) is 34.1 Å². The van der Waals surface area contributed by atoms with E-state index in [0.717, 1.165) is 0 Å². The van der Waals surface area contributed by atoms with Gasteiger partial charge >= 0.3 is 5.51 Å². The molecule has 2 N–H and O–H groups in total. The van der Waals surface area contributed by atoms with Crippen LogP contribution in [0, 0.1) is 0 Å². The van der Waals surface area contributed by atoms with Crippen LogP contribution >= 0.6 is 11.8 Å². The third kappa shape index (κ3) is 4.35. The summed E-state index contributed by atoms with van der Waals surface area (Å²) in [6, 6.07) is 4.75. The lowest BCUT2D eigenvalue weighted by molar-refractivity contribution is -0.0328.